The van der Waals surface area contributed by atoms with Crippen LogP contribution in [0.1, 0.15) is 49.3 Å². The number of thioether (sulfide) groups is 1. The third-order valence-electron chi connectivity index (χ3n) is 3.83. The molecule has 1 aromatic heterocycles. The lowest BCUT2D eigenvalue weighted by Crippen LogP contribution is -2.18. The molecule has 2 heterocycles. The van der Waals surface area contributed by atoms with Crippen LogP contribution in [0.5, 0.6) is 0 Å². The van der Waals surface area contributed by atoms with Crippen molar-refractivity contribution in [2.75, 3.05) is 0 Å². The quantitative estimate of drug-likeness (QED) is 0.822. The van der Waals surface area contributed by atoms with Crippen molar-refractivity contribution in [2.45, 2.75) is 38.0 Å². The predicted octanol–water partition coefficient (Wildman–Crippen LogP) is 2.61. The third kappa shape index (κ3) is 2.65. The van der Waals surface area contributed by atoms with Gasteiger partial charge in [-0.05, 0) is 30.7 Å². The van der Waals surface area contributed by atoms with Gasteiger partial charge in [0.25, 0.3) is 5.91 Å². The Bertz CT molecular complexity index is 584. The van der Waals surface area contributed by atoms with E-state index in [4.69, 9.17) is 5.41 Å². The van der Waals surface area contributed by atoms with E-state index in [9.17, 15) is 4.79 Å². The molecule has 0 spiro atoms. The number of aryl methyl sites for hydroxylation is 1. The van der Waals surface area contributed by atoms with E-state index in [1.54, 1.807) is 0 Å². The summed E-state index contributed by atoms with van der Waals surface area (Å²) in [5, 5.41) is 14.8. The molecule has 3 rings (SSSR count). The van der Waals surface area contributed by atoms with Gasteiger partial charge in [0.1, 0.15) is 0 Å². The van der Waals surface area contributed by atoms with Gasteiger partial charge in [-0.25, -0.2) is 0 Å². The topological polar surface area (TPSA) is 70.8 Å². The molecule has 2 aliphatic rings. The Labute approximate surface area is 122 Å². The third-order valence-corrected chi connectivity index (χ3v) is 4.66. The van der Waals surface area contributed by atoms with Crippen LogP contribution in [-0.2, 0) is 11.8 Å². The Morgan fingerprint density at radius 1 is 1.45 bits per heavy atom. The molecule has 1 aliphatic carbocycles. The predicted molar refractivity (Wildman–Crippen MR) is 80.5 cm³/mol. The molecule has 1 saturated heterocycles. The van der Waals surface area contributed by atoms with Gasteiger partial charge < -0.3 is 5.32 Å². The lowest BCUT2D eigenvalue weighted by atomic mass is 9.85. The van der Waals surface area contributed by atoms with Gasteiger partial charge in [0.15, 0.2) is 5.17 Å². The average molecular weight is 290 g/mol. The summed E-state index contributed by atoms with van der Waals surface area (Å²) in [6, 6.07) is 0. The summed E-state index contributed by atoms with van der Waals surface area (Å²) in [4.78, 5) is 12.3. The standard InChI is InChI=1S/C14H18N4OS/c1-18-8-10(7-11-13(19)16-14(15)20-11)12(17-18)9-5-3-2-4-6-9/h7-9H,2-6H2,1H3,(H2,15,16,19)/b11-7-. The summed E-state index contributed by atoms with van der Waals surface area (Å²) in [7, 11) is 1.91. The van der Waals surface area contributed by atoms with Crippen molar-refractivity contribution in [1.29, 1.82) is 5.41 Å². The van der Waals surface area contributed by atoms with Crippen molar-refractivity contribution in [3.63, 3.8) is 0 Å². The molecule has 5 nitrogen and oxygen atoms in total. The van der Waals surface area contributed by atoms with Gasteiger partial charge in [0.2, 0.25) is 0 Å². The Hall–Kier alpha value is -1.56. The molecular weight excluding hydrogens is 272 g/mol. The summed E-state index contributed by atoms with van der Waals surface area (Å²) >= 11 is 1.18. The van der Waals surface area contributed by atoms with Crippen LogP contribution in [0.4, 0.5) is 0 Å². The van der Waals surface area contributed by atoms with Crippen LogP contribution < -0.4 is 5.32 Å². The summed E-state index contributed by atoms with van der Waals surface area (Å²) in [5.41, 5.74) is 2.12. The Kier molecular flexibility index (Phi) is 3.65. The van der Waals surface area contributed by atoms with Crippen LogP contribution in [0.2, 0.25) is 0 Å². The van der Waals surface area contributed by atoms with Crippen LogP contribution in [0.3, 0.4) is 0 Å². The van der Waals surface area contributed by atoms with Gasteiger partial charge >= 0.3 is 0 Å². The molecule has 0 radical (unpaired) electrons. The highest BCUT2D eigenvalue weighted by atomic mass is 32.2. The number of hydrogen-bond acceptors (Lipinski definition) is 4. The molecule has 0 unspecified atom stereocenters. The number of rotatable bonds is 2. The van der Waals surface area contributed by atoms with Crippen molar-refractivity contribution in [2.24, 2.45) is 7.05 Å². The Balaban J connectivity index is 1.91. The number of aromatic nitrogens is 2. The molecule has 0 aromatic carbocycles. The van der Waals surface area contributed by atoms with Gasteiger partial charge in [0, 0.05) is 24.7 Å². The fourth-order valence-electron chi connectivity index (χ4n) is 2.91. The first-order chi connectivity index (χ1) is 9.63. The average Bonchev–Trinajstić information content (AvgIpc) is 2.94. The van der Waals surface area contributed by atoms with Gasteiger partial charge in [-0.1, -0.05) is 19.3 Å². The highest BCUT2D eigenvalue weighted by Gasteiger charge is 2.25. The molecule has 6 heteroatoms. The maximum atomic E-state index is 11.7. The fourth-order valence-corrected chi connectivity index (χ4v) is 3.60. The Morgan fingerprint density at radius 3 is 2.85 bits per heavy atom. The maximum absolute atomic E-state index is 11.7. The van der Waals surface area contributed by atoms with Gasteiger partial charge in [-0.3, -0.25) is 14.9 Å². The largest absolute Gasteiger partial charge is 0.301 e. The number of amides is 1. The molecule has 1 aromatic rings. The number of nitrogens with zero attached hydrogens (tertiary/aromatic N) is 2. The Morgan fingerprint density at radius 2 is 2.20 bits per heavy atom. The smallest absolute Gasteiger partial charge is 0.264 e. The van der Waals surface area contributed by atoms with Gasteiger partial charge in [-0.15, -0.1) is 0 Å². The van der Waals surface area contributed by atoms with E-state index < -0.39 is 0 Å². The second kappa shape index (κ2) is 5.44. The van der Waals surface area contributed by atoms with Crippen molar-refractivity contribution in [3.8, 4) is 0 Å². The highest BCUT2D eigenvalue weighted by Crippen LogP contribution is 2.35. The number of carbonyl (C=O) groups excluding carboxylic acids is 1. The zero-order valence-electron chi connectivity index (χ0n) is 11.5. The minimum atomic E-state index is -0.182. The zero-order chi connectivity index (χ0) is 14.1. The van der Waals surface area contributed by atoms with E-state index in [1.165, 1.54) is 43.9 Å². The normalized spacial score (nSPS) is 22.6. The highest BCUT2D eigenvalue weighted by molar-refractivity contribution is 8.18. The summed E-state index contributed by atoms with van der Waals surface area (Å²) in [5.74, 6) is 0.323. The van der Waals surface area contributed by atoms with E-state index in [0.717, 1.165) is 11.3 Å². The first kappa shape index (κ1) is 13.4. The first-order valence-electron chi connectivity index (χ1n) is 6.96. The number of carbonyl (C=O) groups is 1. The van der Waals surface area contributed by atoms with Crippen LogP contribution in [0.15, 0.2) is 11.1 Å². The fraction of sp³-hybridized carbons (Fsp3) is 0.500. The first-order valence-corrected chi connectivity index (χ1v) is 7.78. The molecular formula is C14H18N4OS. The SMILES string of the molecule is Cn1cc(/C=C2\SC(=N)NC2=O)c(C2CCCCC2)n1. The second-order valence-electron chi connectivity index (χ2n) is 5.37. The van der Waals surface area contributed by atoms with Crippen LogP contribution in [0, 0.1) is 5.41 Å². The van der Waals surface area contributed by atoms with Crippen LogP contribution in [-0.4, -0.2) is 20.9 Å². The minimum absolute atomic E-state index is 0.182. The molecule has 0 atom stereocenters. The van der Waals surface area contributed by atoms with Crippen molar-refractivity contribution < 1.29 is 4.79 Å². The van der Waals surface area contributed by atoms with Crippen molar-refractivity contribution in [3.05, 3.63) is 22.4 Å². The van der Waals surface area contributed by atoms with E-state index in [2.05, 4.69) is 10.4 Å². The molecule has 20 heavy (non-hydrogen) atoms. The number of nitrogens with one attached hydrogen (secondary N) is 2. The van der Waals surface area contributed by atoms with E-state index in [-0.39, 0.29) is 11.1 Å². The molecule has 1 amide bonds. The molecule has 1 aliphatic heterocycles. The van der Waals surface area contributed by atoms with Crippen LogP contribution in [0.25, 0.3) is 6.08 Å². The second-order valence-corrected chi connectivity index (χ2v) is 6.42. The molecule has 2 fully saturated rings. The summed E-state index contributed by atoms with van der Waals surface area (Å²) in [6.07, 6.45) is 10.0. The summed E-state index contributed by atoms with van der Waals surface area (Å²) in [6.45, 7) is 0. The van der Waals surface area contributed by atoms with Crippen LogP contribution >= 0.6 is 11.8 Å². The molecule has 2 N–H and O–H groups in total. The van der Waals surface area contributed by atoms with E-state index in [0.29, 0.717) is 10.8 Å². The minimum Gasteiger partial charge on any atom is -0.301 e. The van der Waals surface area contributed by atoms with E-state index >= 15 is 0 Å². The zero-order valence-corrected chi connectivity index (χ0v) is 12.3. The molecule has 0 bridgehead atoms. The number of hydrogen-bond donors (Lipinski definition) is 2. The number of amidine groups is 1. The monoisotopic (exact) mass is 290 g/mol. The van der Waals surface area contributed by atoms with Gasteiger partial charge in [0.05, 0.1) is 10.6 Å². The van der Waals surface area contributed by atoms with Gasteiger partial charge in [-0.2, -0.15) is 5.10 Å². The van der Waals surface area contributed by atoms with Crippen molar-refractivity contribution in [1.82, 2.24) is 15.1 Å². The maximum Gasteiger partial charge on any atom is 0.264 e. The van der Waals surface area contributed by atoms with Crippen molar-refractivity contribution >= 4 is 28.9 Å². The summed E-state index contributed by atoms with van der Waals surface area (Å²) < 4.78 is 1.82. The lowest BCUT2D eigenvalue weighted by molar-refractivity contribution is -0.115. The van der Waals surface area contributed by atoms with E-state index in [1.807, 2.05) is 24.0 Å². The molecule has 1 saturated carbocycles. The molecule has 106 valence electrons. The lowest BCUT2D eigenvalue weighted by Gasteiger charge is -2.20.